The fraction of sp³-hybridized carbons (Fsp3) is 0.111. The molecule has 4 nitrogen and oxygen atoms in total. The number of carbonyl (C=O) groups is 1. The molecule has 24 heavy (non-hydrogen) atoms. The van der Waals surface area contributed by atoms with Gasteiger partial charge in [0.1, 0.15) is 0 Å². The number of hydrogen-bond donors (Lipinski definition) is 1. The van der Waals surface area contributed by atoms with Crippen LogP contribution in [0.15, 0.2) is 47.8 Å². The molecular formula is C18H14ClN3OS. The van der Waals surface area contributed by atoms with Gasteiger partial charge in [0.25, 0.3) is 0 Å². The second-order valence-corrected chi connectivity index (χ2v) is 6.94. The molecule has 2 aromatic carbocycles. The average molecular weight is 356 g/mol. The van der Waals surface area contributed by atoms with Crippen LogP contribution in [-0.4, -0.2) is 17.9 Å². The molecule has 0 unspecified atom stereocenters. The number of amides is 1. The lowest BCUT2D eigenvalue weighted by Crippen LogP contribution is -2.20. The molecule has 1 amide bonds. The number of hydrogen-bond acceptors (Lipinski definition) is 4. The maximum absolute atomic E-state index is 11.8. The monoisotopic (exact) mass is 355 g/mol. The van der Waals surface area contributed by atoms with Gasteiger partial charge in [-0.15, -0.1) is 11.3 Å². The molecule has 0 radical (unpaired) electrons. The summed E-state index contributed by atoms with van der Waals surface area (Å²) in [6.45, 7) is 0. The Bertz CT molecular complexity index is 920. The van der Waals surface area contributed by atoms with Crippen molar-refractivity contribution < 1.29 is 4.79 Å². The molecule has 6 heteroatoms. The van der Waals surface area contributed by atoms with Crippen LogP contribution in [0.5, 0.6) is 0 Å². The van der Waals surface area contributed by atoms with Crippen LogP contribution in [0.2, 0.25) is 5.02 Å². The summed E-state index contributed by atoms with van der Waals surface area (Å²) in [6, 6.07) is 13.6. The third-order valence-corrected chi connectivity index (χ3v) is 5.06. The molecule has 2 heterocycles. The Kier molecular flexibility index (Phi) is 3.75. The first kappa shape index (κ1) is 15.2. The van der Waals surface area contributed by atoms with Crippen LogP contribution in [0, 0.1) is 0 Å². The van der Waals surface area contributed by atoms with Crippen LogP contribution >= 0.6 is 22.9 Å². The summed E-state index contributed by atoms with van der Waals surface area (Å²) in [7, 11) is 1.81. The van der Waals surface area contributed by atoms with Crippen LogP contribution in [0.1, 0.15) is 5.56 Å². The van der Waals surface area contributed by atoms with Crippen molar-refractivity contribution >= 4 is 45.4 Å². The SMILES string of the molecule is CN1C(=O)Cc2cc(-c3csc(Nc4ccc(Cl)cc4)n3)ccc21. The molecule has 4 rings (SSSR count). The zero-order valence-electron chi connectivity index (χ0n) is 12.9. The molecule has 1 aliphatic rings. The average Bonchev–Trinajstić information content (AvgIpc) is 3.15. The van der Waals surface area contributed by atoms with E-state index in [0.29, 0.717) is 11.4 Å². The van der Waals surface area contributed by atoms with E-state index in [9.17, 15) is 4.79 Å². The number of nitrogens with zero attached hydrogens (tertiary/aromatic N) is 2. The summed E-state index contributed by atoms with van der Waals surface area (Å²) in [5.41, 5.74) is 4.92. The summed E-state index contributed by atoms with van der Waals surface area (Å²) in [5, 5.41) is 6.82. The summed E-state index contributed by atoms with van der Waals surface area (Å²) in [6.07, 6.45) is 0.458. The summed E-state index contributed by atoms with van der Waals surface area (Å²) in [4.78, 5) is 18.1. The van der Waals surface area contributed by atoms with Crippen LogP contribution in [0.25, 0.3) is 11.3 Å². The number of nitrogens with one attached hydrogen (secondary N) is 1. The third kappa shape index (κ3) is 2.77. The van der Waals surface area contributed by atoms with Gasteiger partial charge < -0.3 is 10.2 Å². The number of halogens is 1. The van der Waals surface area contributed by atoms with Crippen molar-refractivity contribution in [1.29, 1.82) is 0 Å². The first-order valence-electron chi connectivity index (χ1n) is 7.48. The molecule has 0 saturated carbocycles. The molecule has 0 spiro atoms. The molecular weight excluding hydrogens is 342 g/mol. The van der Waals surface area contributed by atoms with Crippen molar-refractivity contribution in [2.75, 3.05) is 17.3 Å². The van der Waals surface area contributed by atoms with Crippen molar-refractivity contribution in [1.82, 2.24) is 4.98 Å². The van der Waals surface area contributed by atoms with Crippen LogP contribution < -0.4 is 10.2 Å². The summed E-state index contributed by atoms with van der Waals surface area (Å²) < 4.78 is 0. The normalized spacial score (nSPS) is 13.2. The van der Waals surface area contributed by atoms with E-state index in [4.69, 9.17) is 11.6 Å². The molecule has 1 N–H and O–H groups in total. The minimum atomic E-state index is 0.130. The fourth-order valence-corrected chi connectivity index (χ4v) is 3.62. The number of anilines is 3. The van der Waals surface area contributed by atoms with Gasteiger partial charge in [-0.05, 0) is 42.0 Å². The summed E-state index contributed by atoms with van der Waals surface area (Å²) >= 11 is 7.44. The van der Waals surface area contributed by atoms with E-state index in [0.717, 1.165) is 33.3 Å². The second kappa shape index (κ2) is 5.92. The highest BCUT2D eigenvalue weighted by molar-refractivity contribution is 7.14. The van der Waals surface area contributed by atoms with E-state index in [1.165, 1.54) is 0 Å². The smallest absolute Gasteiger partial charge is 0.231 e. The lowest BCUT2D eigenvalue weighted by Gasteiger charge is -2.09. The molecule has 0 bridgehead atoms. The Hall–Kier alpha value is -2.37. The van der Waals surface area contributed by atoms with Gasteiger partial charge in [-0.25, -0.2) is 4.98 Å². The summed E-state index contributed by atoms with van der Waals surface area (Å²) in [5.74, 6) is 0.130. The second-order valence-electron chi connectivity index (χ2n) is 5.64. The fourth-order valence-electron chi connectivity index (χ4n) is 2.75. The molecule has 120 valence electrons. The minimum absolute atomic E-state index is 0.130. The lowest BCUT2D eigenvalue weighted by molar-refractivity contribution is -0.117. The van der Waals surface area contributed by atoms with Crippen molar-refractivity contribution in [3.05, 3.63) is 58.4 Å². The number of benzene rings is 2. The predicted octanol–water partition coefficient (Wildman–Crippen LogP) is 4.73. The van der Waals surface area contributed by atoms with Gasteiger partial charge in [0.15, 0.2) is 5.13 Å². The number of thiazole rings is 1. The van der Waals surface area contributed by atoms with Gasteiger partial charge >= 0.3 is 0 Å². The zero-order valence-corrected chi connectivity index (χ0v) is 14.5. The molecule has 0 saturated heterocycles. The molecule has 1 aromatic heterocycles. The van der Waals surface area contributed by atoms with Gasteiger partial charge in [0.05, 0.1) is 12.1 Å². The number of likely N-dealkylation sites (N-methyl/N-ethyl adjacent to an activating group) is 1. The van der Waals surface area contributed by atoms with E-state index in [2.05, 4.69) is 16.4 Å². The Morgan fingerprint density at radius 1 is 1.21 bits per heavy atom. The van der Waals surface area contributed by atoms with E-state index in [-0.39, 0.29) is 5.91 Å². The van der Waals surface area contributed by atoms with Gasteiger partial charge in [-0.3, -0.25) is 4.79 Å². The zero-order chi connectivity index (χ0) is 16.7. The van der Waals surface area contributed by atoms with Crippen molar-refractivity contribution in [2.24, 2.45) is 0 Å². The van der Waals surface area contributed by atoms with Gasteiger partial charge in [0, 0.05) is 34.4 Å². The van der Waals surface area contributed by atoms with Gasteiger partial charge in [0.2, 0.25) is 5.91 Å². The number of aromatic nitrogens is 1. The van der Waals surface area contributed by atoms with Gasteiger partial charge in [-0.1, -0.05) is 17.7 Å². The first-order valence-corrected chi connectivity index (χ1v) is 8.74. The van der Waals surface area contributed by atoms with Crippen LogP contribution in [-0.2, 0) is 11.2 Å². The lowest BCUT2D eigenvalue weighted by atomic mass is 10.1. The van der Waals surface area contributed by atoms with Crippen molar-refractivity contribution in [3.63, 3.8) is 0 Å². The molecule has 0 fully saturated rings. The predicted molar refractivity (Wildman–Crippen MR) is 99.4 cm³/mol. The highest BCUT2D eigenvalue weighted by Crippen LogP contribution is 2.33. The third-order valence-electron chi connectivity index (χ3n) is 4.05. The maximum atomic E-state index is 11.8. The Morgan fingerprint density at radius 3 is 2.79 bits per heavy atom. The molecule has 0 atom stereocenters. The first-order chi connectivity index (χ1) is 11.6. The highest BCUT2D eigenvalue weighted by atomic mass is 35.5. The van der Waals surface area contributed by atoms with E-state index in [1.807, 2.05) is 48.8 Å². The Morgan fingerprint density at radius 2 is 2.00 bits per heavy atom. The number of rotatable bonds is 3. The molecule has 0 aliphatic carbocycles. The Balaban J connectivity index is 1.58. The van der Waals surface area contributed by atoms with E-state index < -0.39 is 0 Å². The Labute approximate surface area is 148 Å². The van der Waals surface area contributed by atoms with Gasteiger partial charge in [-0.2, -0.15) is 0 Å². The topological polar surface area (TPSA) is 45.2 Å². The number of carbonyl (C=O) groups excluding carboxylic acids is 1. The van der Waals surface area contributed by atoms with E-state index in [1.54, 1.807) is 16.2 Å². The minimum Gasteiger partial charge on any atom is -0.332 e. The van der Waals surface area contributed by atoms with Crippen LogP contribution in [0.3, 0.4) is 0 Å². The molecule has 1 aliphatic heterocycles. The van der Waals surface area contributed by atoms with Crippen molar-refractivity contribution in [3.8, 4) is 11.3 Å². The molecule has 3 aromatic rings. The van der Waals surface area contributed by atoms with E-state index >= 15 is 0 Å². The largest absolute Gasteiger partial charge is 0.332 e. The highest BCUT2D eigenvalue weighted by Gasteiger charge is 2.24. The maximum Gasteiger partial charge on any atom is 0.231 e. The quantitative estimate of drug-likeness (QED) is 0.739. The number of fused-ring (bicyclic) bond motifs is 1. The standard InChI is InChI=1S/C18H14ClN3OS/c1-22-16-7-2-11(8-12(16)9-17(22)23)15-10-24-18(21-15)20-14-5-3-13(19)4-6-14/h2-8,10H,9H2,1H3,(H,20,21). The van der Waals surface area contributed by atoms with Crippen LogP contribution in [0.4, 0.5) is 16.5 Å². The van der Waals surface area contributed by atoms with Crippen molar-refractivity contribution in [2.45, 2.75) is 6.42 Å².